The first-order chi connectivity index (χ1) is 15.1. The highest BCUT2D eigenvalue weighted by Gasteiger charge is 2.43. The summed E-state index contributed by atoms with van der Waals surface area (Å²) in [6.45, 7) is 3.74. The lowest BCUT2D eigenvalue weighted by Crippen LogP contribution is -2.39. The molecule has 0 amide bonds. The molecule has 2 heterocycles. The van der Waals surface area contributed by atoms with Crippen molar-refractivity contribution in [1.29, 1.82) is 0 Å². The normalized spacial score (nSPS) is 22.2. The van der Waals surface area contributed by atoms with Crippen molar-refractivity contribution in [1.82, 2.24) is 10.9 Å². The molecule has 0 spiro atoms. The molecule has 3 atom stereocenters. The minimum Gasteiger partial charge on any atom is -0.494 e. The van der Waals surface area contributed by atoms with Crippen LogP contribution in [-0.2, 0) is 6.54 Å². The van der Waals surface area contributed by atoms with E-state index in [2.05, 4.69) is 27.9 Å². The summed E-state index contributed by atoms with van der Waals surface area (Å²) in [6.07, 6.45) is 0. The van der Waals surface area contributed by atoms with Crippen LogP contribution in [0.5, 0.6) is 5.75 Å². The minimum atomic E-state index is -0.267. The van der Waals surface area contributed by atoms with Crippen LogP contribution in [0.4, 0.5) is 14.5 Å². The van der Waals surface area contributed by atoms with E-state index in [1.165, 1.54) is 12.1 Å². The standard InChI is InChI=1S/C25H25F2N3O/c1-2-31-19-10-7-16(8-11-19)24-21-15-30(14-17-5-3-4-6-22(17)27)23-12-9-18(26)13-20(23)25(21)29-28-24/h3-13,21,24-25,28-29H,2,14-15H2,1H3. The lowest BCUT2D eigenvalue weighted by Gasteiger charge is -2.39. The second-order valence-electron chi connectivity index (χ2n) is 8.08. The molecule has 31 heavy (non-hydrogen) atoms. The van der Waals surface area contributed by atoms with E-state index in [4.69, 9.17) is 4.74 Å². The Morgan fingerprint density at radius 2 is 1.74 bits per heavy atom. The maximum absolute atomic E-state index is 14.4. The number of rotatable bonds is 5. The SMILES string of the molecule is CCOc1ccc(C2NNC3c4cc(F)ccc4N(Cc4ccccc4F)CC23)cc1. The Labute approximate surface area is 180 Å². The number of benzene rings is 3. The van der Waals surface area contributed by atoms with Crippen LogP contribution in [0.25, 0.3) is 0 Å². The van der Waals surface area contributed by atoms with Crippen molar-refractivity contribution in [2.45, 2.75) is 25.6 Å². The van der Waals surface area contributed by atoms with Gasteiger partial charge in [-0.05, 0) is 54.4 Å². The van der Waals surface area contributed by atoms with Gasteiger partial charge in [-0.15, -0.1) is 0 Å². The van der Waals surface area contributed by atoms with Gasteiger partial charge in [-0.3, -0.25) is 0 Å². The number of halogens is 2. The fourth-order valence-corrected chi connectivity index (χ4v) is 4.77. The Balaban J connectivity index is 1.48. The molecule has 2 aliphatic rings. The van der Waals surface area contributed by atoms with Crippen LogP contribution in [-0.4, -0.2) is 13.2 Å². The molecule has 2 aliphatic heterocycles. The van der Waals surface area contributed by atoms with Crippen molar-refractivity contribution in [3.8, 4) is 5.75 Å². The van der Waals surface area contributed by atoms with E-state index in [9.17, 15) is 8.78 Å². The average molecular weight is 421 g/mol. The molecule has 4 nitrogen and oxygen atoms in total. The number of hydrogen-bond donors (Lipinski definition) is 2. The third-order valence-electron chi connectivity index (χ3n) is 6.22. The topological polar surface area (TPSA) is 36.5 Å². The summed E-state index contributed by atoms with van der Waals surface area (Å²) in [4.78, 5) is 2.16. The Kier molecular flexibility index (Phi) is 5.34. The highest BCUT2D eigenvalue weighted by Crippen LogP contribution is 2.46. The maximum atomic E-state index is 14.4. The first kappa shape index (κ1) is 20.0. The van der Waals surface area contributed by atoms with E-state index >= 15 is 0 Å². The van der Waals surface area contributed by atoms with Gasteiger partial charge in [-0.2, -0.15) is 0 Å². The van der Waals surface area contributed by atoms with Gasteiger partial charge >= 0.3 is 0 Å². The molecule has 0 aromatic heterocycles. The van der Waals surface area contributed by atoms with Crippen molar-refractivity contribution < 1.29 is 13.5 Å². The molecule has 1 fully saturated rings. The molecule has 3 aromatic carbocycles. The Hall–Kier alpha value is -2.96. The molecule has 1 saturated heterocycles. The third kappa shape index (κ3) is 3.77. The van der Waals surface area contributed by atoms with E-state index in [1.54, 1.807) is 24.3 Å². The van der Waals surface area contributed by atoms with Gasteiger partial charge in [0.05, 0.1) is 18.7 Å². The number of hydrazine groups is 1. The first-order valence-electron chi connectivity index (χ1n) is 10.7. The van der Waals surface area contributed by atoms with E-state index in [0.717, 1.165) is 29.1 Å². The van der Waals surface area contributed by atoms with Gasteiger partial charge < -0.3 is 9.64 Å². The number of fused-ring (bicyclic) bond motifs is 3. The quantitative estimate of drug-likeness (QED) is 0.615. The lowest BCUT2D eigenvalue weighted by atomic mass is 9.82. The summed E-state index contributed by atoms with van der Waals surface area (Å²) in [6, 6.07) is 19.8. The fourth-order valence-electron chi connectivity index (χ4n) is 4.77. The average Bonchev–Trinajstić information content (AvgIpc) is 3.20. The van der Waals surface area contributed by atoms with Crippen LogP contribution in [0, 0.1) is 17.6 Å². The maximum Gasteiger partial charge on any atom is 0.128 e. The summed E-state index contributed by atoms with van der Waals surface area (Å²) in [5.41, 5.74) is 10.4. The van der Waals surface area contributed by atoms with E-state index in [1.807, 2.05) is 25.1 Å². The molecule has 0 bridgehead atoms. The molecule has 3 aromatic rings. The van der Waals surface area contributed by atoms with Crippen LogP contribution in [0.3, 0.4) is 0 Å². The summed E-state index contributed by atoms with van der Waals surface area (Å²) in [5.74, 6) is 0.501. The molecular weight excluding hydrogens is 396 g/mol. The van der Waals surface area contributed by atoms with Crippen molar-refractivity contribution >= 4 is 5.69 Å². The molecule has 0 saturated carbocycles. The summed E-state index contributed by atoms with van der Waals surface area (Å²) in [7, 11) is 0. The second-order valence-corrected chi connectivity index (χ2v) is 8.08. The predicted molar refractivity (Wildman–Crippen MR) is 117 cm³/mol. The third-order valence-corrected chi connectivity index (χ3v) is 6.22. The van der Waals surface area contributed by atoms with Crippen LogP contribution in [0.2, 0.25) is 0 Å². The highest BCUT2D eigenvalue weighted by atomic mass is 19.1. The number of ether oxygens (including phenoxy) is 1. The number of anilines is 1. The summed E-state index contributed by atoms with van der Waals surface area (Å²) >= 11 is 0. The van der Waals surface area contributed by atoms with Gasteiger partial charge in [0.25, 0.3) is 0 Å². The minimum absolute atomic E-state index is 0.0286. The predicted octanol–water partition coefficient (Wildman–Crippen LogP) is 4.89. The largest absolute Gasteiger partial charge is 0.494 e. The molecule has 6 heteroatoms. The molecule has 5 rings (SSSR count). The van der Waals surface area contributed by atoms with E-state index < -0.39 is 0 Å². The Morgan fingerprint density at radius 3 is 2.52 bits per heavy atom. The molecule has 0 radical (unpaired) electrons. The van der Waals surface area contributed by atoms with Gasteiger partial charge in [0, 0.05) is 30.3 Å². The summed E-state index contributed by atoms with van der Waals surface area (Å²) in [5, 5.41) is 0. The Morgan fingerprint density at radius 1 is 0.968 bits per heavy atom. The molecule has 2 N–H and O–H groups in total. The number of nitrogens with one attached hydrogen (secondary N) is 2. The van der Waals surface area contributed by atoms with Crippen molar-refractivity contribution in [2.24, 2.45) is 5.92 Å². The highest BCUT2D eigenvalue weighted by molar-refractivity contribution is 5.59. The van der Waals surface area contributed by atoms with Gasteiger partial charge in [-0.1, -0.05) is 30.3 Å². The van der Waals surface area contributed by atoms with Crippen molar-refractivity contribution in [2.75, 3.05) is 18.1 Å². The molecular formula is C25H25F2N3O. The van der Waals surface area contributed by atoms with Crippen LogP contribution in [0.15, 0.2) is 66.7 Å². The van der Waals surface area contributed by atoms with Crippen LogP contribution in [0.1, 0.15) is 35.7 Å². The van der Waals surface area contributed by atoms with Crippen LogP contribution < -0.4 is 20.5 Å². The van der Waals surface area contributed by atoms with Gasteiger partial charge in [0.2, 0.25) is 0 Å². The second kappa shape index (κ2) is 8.29. The van der Waals surface area contributed by atoms with Gasteiger partial charge in [0.1, 0.15) is 17.4 Å². The van der Waals surface area contributed by atoms with Crippen molar-refractivity contribution in [3.05, 3.63) is 95.1 Å². The van der Waals surface area contributed by atoms with E-state index in [-0.39, 0.29) is 29.6 Å². The van der Waals surface area contributed by atoms with Crippen LogP contribution >= 0.6 is 0 Å². The lowest BCUT2D eigenvalue weighted by molar-refractivity contribution is 0.339. The zero-order valence-electron chi connectivity index (χ0n) is 17.3. The molecule has 0 aliphatic carbocycles. The van der Waals surface area contributed by atoms with Gasteiger partial charge in [-0.25, -0.2) is 19.6 Å². The smallest absolute Gasteiger partial charge is 0.128 e. The number of hydrogen-bond acceptors (Lipinski definition) is 4. The van der Waals surface area contributed by atoms with Gasteiger partial charge in [0.15, 0.2) is 0 Å². The fraction of sp³-hybridized carbons (Fsp3) is 0.280. The van der Waals surface area contributed by atoms with Crippen molar-refractivity contribution in [3.63, 3.8) is 0 Å². The zero-order valence-corrected chi connectivity index (χ0v) is 17.3. The molecule has 3 unspecified atom stereocenters. The number of nitrogens with zero attached hydrogens (tertiary/aromatic N) is 1. The summed E-state index contributed by atoms with van der Waals surface area (Å²) < 4.78 is 34.1. The van der Waals surface area contributed by atoms with E-state index in [0.29, 0.717) is 18.7 Å². The Bertz CT molecular complexity index is 1070. The zero-order chi connectivity index (χ0) is 21.4. The monoisotopic (exact) mass is 421 g/mol. The molecule has 160 valence electrons. The first-order valence-corrected chi connectivity index (χ1v) is 10.7.